The van der Waals surface area contributed by atoms with Crippen molar-refractivity contribution in [1.82, 2.24) is 9.59 Å². The minimum Gasteiger partial charge on any atom is -0.321 e. The fraction of sp³-hybridized carbons (Fsp3) is 0.182. The van der Waals surface area contributed by atoms with Crippen molar-refractivity contribution in [1.29, 1.82) is 0 Å². The van der Waals surface area contributed by atoms with Crippen LogP contribution in [0.25, 0.3) is 0 Å². The summed E-state index contributed by atoms with van der Waals surface area (Å²) in [6, 6.07) is 4.38. The molecule has 2 aromatic rings. The van der Waals surface area contributed by atoms with Gasteiger partial charge in [0.05, 0.1) is 10.6 Å². The summed E-state index contributed by atoms with van der Waals surface area (Å²) in [4.78, 5) is 12.4. The molecule has 0 atom stereocenters. The predicted molar refractivity (Wildman–Crippen MR) is 75.2 cm³/mol. The van der Waals surface area contributed by atoms with Gasteiger partial charge in [-0.2, -0.15) is 0 Å². The van der Waals surface area contributed by atoms with E-state index in [1.54, 1.807) is 19.9 Å². The van der Waals surface area contributed by atoms with Gasteiger partial charge in [0.25, 0.3) is 5.91 Å². The maximum atomic E-state index is 12.0. The number of aromatic nitrogens is 2. The topological polar surface area (TPSA) is 115 Å². The molecular formula is C11H12N4O3S2. The average Bonchev–Trinajstić information content (AvgIpc) is 2.73. The lowest BCUT2D eigenvalue weighted by Gasteiger charge is -2.08. The number of nitrogens with zero attached hydrogens (tertiary/aromatic N) is 2. The van der Waals surface area contributed by atoms with E-state index < -0.39 is 10.0 Å². The van der Waals surface area contributed by atoms with Crippen molar-refractivity contribution < 1.29 is 13.2 Å². The summed E-state index contributed by atoms with van der Waals surface area (Å²) in [5, 5.41) is 11.5. The van der Waals surface area contributed by atoms with Crippen molar-refractivity contribution >= 4 is 33.2 Å². The second kappa shape index (κ2) is 5.27. The first-order valence-corrected chi connectivity index (χ1v) is 7.85. The van der Waals surface area contributed by atoms with Gasteiger partial charge in [0.1, 0.15) is 4.88 Å². The number of nitrogens with two attached hydrogens (primary N) is 1. The zero-order chi connectivity index (χ0) is 14.9. The van der Waals surface area contributed by atoms with Crippen LogP contribution in [0.3, 0.4) is 0 Å². The molecule has 0 aliphatic rings. The van der Waals surface area contributed by atoms with E-state index in [0.29, 0.717) is 21.8 Å². The van der Waals surface area contributed by atoms with E-state index in [1.807, 2.05) is 0 Å². The zero-order valence-electron chi connectivity index (χ0n) is 10.7. The van der Waals surface area contributed by atoms with Gasteiger partial charge in [0, 0.05) is 5.69 Å². The highest BCUT2D eigenvalue weighted by molar-refractivity contribution is 7.89. The van der Waals surface area contributed by atoms with Gasteiger partial charge in [-0.25, -0.2) is 13.6 Å². The van der Waals surface area contributed by atoms with Crippen LogP contribution in [0.5, 0.6) is 0 Å². The number of nitrogens with one attached hydrogen (secondary N) is 1. The molecule has 0 fully saturated rings. The number of primary sulfonamides is 1. The first-order chi connectivity index (χ1) is 9.29. The van der Waals surface area contributed by atoms with Crippen LogP contribution in [-0.4, -0.2) is 23.9 Å². The van der Waals surface area contributed by atoms with Gasteiger partial charge in [0.15, 0.2) is 0 Å². The molecule has 1 aromatic heterocycles. The molecule has 106 valence electrons. The molecule has 0 radical (unpaired) electrons. The van der Waals surface area contributed by atoms with Crippen molar-refractivity contribution in [2.45, 2.75) is 18.7 Å². The molecule has 1 amide bonds. The molecule has 3 N–H and O–H groups in total. The molecule has 0 saturated heterocycles. The number of rotatable bonds is 3. The van der Waals surface area contributed by atoms with Crippen LogP contribution in [0.4, 0.5) is 5.69 Å². The maximum Gasteiger partial charge on any atom is 0.269 e. The quantitative estimate of drug-likeness (QED) is 0.879. The molecule has 0 aliphatic heterocycles. The first kappa shape index (κ1) is 14.6. The third-order valence-electron chi connectivity index (χ3n) is 2.60. The Morgan fingerprint density at radius 2 is 2.05 bits per heavy atom. The molecule has 20 heavy (non-hydrogen) atoms. The highest BCUT2D eigenvalue weighted by atomic mass is 32.2. The largest absolute Gasteiger partial charge is 0.321 e. The molecule has 1 heterocycles. The van der Waals surface area contributed by atoms with E-state index in [9.17, 15) is 13.2 Å². The van der Waals surface area contributed by atoms with Gasteiger partial charge in [0.2, 0.25) is 10.0 Å². The fourth-order valence-electron chi connectivity index (χ4n) is 1.67. The van der Waals surface area contributed by atoms with Crippen LogP contribution in [0.15, 0.2) is 23.1 Å². The van der Waals surface area contributed by atoms with Gasteiger partial charge < -0.3 is 5.32 Å². The SMILES string of the molecule is Cc1cc(NC(=O)c2snnc2C)ccc1S(N)(=O)=O. The highest BCUT2D eigenvalue weighted by Crippen LogP contribution is 2.20. The molecule has 7 nitrogen and oxygen atoms in total. The third-order valence-corrected chi connectivity index (χ3v) is 4.49. The summed E-state index contributed by atoms with van der Waals surface area (Å²) in [5.41, 5.74) is 1.49. The normalized spacial score (nSPS) is 11.3. The van der Waals surface area contributed by atoms with Crippen molar-refractivity contribution in [3.05, 3.63) is 34.3 Å². The smallest absolute Gasteiger partial charge is 0.269 e. The zero-order valence-corrected chi connectivity index (χ0v) is 12.4. The summed E-state index contributed by atoms with van der Waals surface area (Å²) in [6.07, 6.45) is 0. The van der Waals surface area contributed by atoms with E-state index in [2.05, 4.69) is 14.9 Å². The Kier molecular flexibility index (Phi) is 3.84. The lowest BCUT2D eigenvalue weighted by Crippen LogP contribution is -2.15. The van der Waals surface area contributed by atoms with Crippen LogP contribution in [-0.2, 0) is 10.0 Å². The predicted octanol–water partition coefficient (Wildman–Crippen LogP) is 1.05. The molecule has 9 heteroatoms. The standard InChI is InChI=1S/C11H12N4O3S2/c1-6-5-8(3-4-9(6)20(12,17)18)13-11(16)10-7(2)14-15-19-10/h3-5H,1-2H3,(H,13,16)(H2,12,17,18). The van der Waals surface area contributed by atoms with Crippen LogP contribution < -0.4 is 10.5 Å². The highest BCUT2D eigenvalue weighted by Gasteiger charge is 2.15. The maximum absolute atomic E-state index is 12.0. The molecule has 0 unspecified atom stereocenters. The van der Waals surface area contributed by atoms with Gasteiger partial charge in [-0.15, -0.1) is 5.10 Å². The van der Waals surface area contributed by atoms with E-state index >= 15 is 0 Å². The Morgan fingerprint density at radius 1 is 1.35 bits per heavy atom. The van der Waals surface area contributed by atoms with Gasteiger partial charge in [-0.05, 0) is 49.1 Å². The van der Waals surface area contributed by atoms with Crippen LogP contribution in [0, 0.1) is 13.8 Å². The van der Waals surface area contributed by atoms with Crippen LogP contribution in [0.1, 0.15) is 20.9 Å². The Bertz CT molecular complexity index is 768. The second-order valence-corrected chi connectivity index (χ2v) is 6.45. The Labute approximate surface area is 120 Å². The fourth-order valence-corrected chi connectivity index (χ4v) is 2.99. The number of hydrogen-bond donors (Lipinski definition) is 2. The van der Waals surface area contributed by atoms with E-state index in [0.717, 1.165) is 11.5 Å². The van der Waals surface area contributed by atoms with Gasteiger partial charge >= 0.3 is 0 Å². The van der Waals surface area contributed by atoms with Crippen molar-refractivity contribution in [3.63, 3.8) is 0 Å². The Hall–Kier alpha value is -1.84. The summed E-state index contributed by atoms with van der Waals surface area (Å²) >= 11 is 0.999. The Balaban J connectivity index is 2.26. The molecule has 2 rings (SSSR count). The van der Waals surface area contributed by atoms with Gasteiger partial charge in [-0.1, -0.05) is 4.49 Å². The lowest BCUT2D eigenvalue weighted by molar-refractivity contribution is 0.103. The Morgan fingerprint density at radius 3 is 2.55 bits per heavy atom. The number of hydrogen-bond acceptors (Lipinski definition) is 6. The number of benzene rings is 1. The third kappa shape index (κ3) is 3.00. The lowest BCUT2D eigenvalue weighted by atomic mass is 10.2. The number of carbonyl (C=O) groups excluding carboxylic acids is 1. The molecule has 1 aromatic carbocycles. The summed E-state index contributed by atoms with van der Waals surface area (Å²) in [5.74, 6) is -0.333. The van der Waals surface area contributed by atoms with Crippen LogP contribution in [0.2, 0.25) is 0 Å². The summed E-state index contributed by atoms with van der Waals surface area (Å²) in [7, 11) is -3.76. The minimum atomic E-state index is -3.76. The molecule has 0 spiro atoms. The minimum absolute atomic E-state index is 0.0335. The van der Waals surface area contributed by atoms with Gasteiger partial charge in [-0.3, -0.25) is 4.79 Å². The summed E-state index contributed by atoms with van der Waals surface area (Å²) < 4.78 is 26.3. The van der Waals surface area contributed by atoms with E-state index in [-0.39, 0.29) is 10.8 Å². The second-order valence-electron chi connectivity index (χ2n) is 4.17. The number of carbonyl (C=O) groups is 1. The molecular weight excluding hydrogens is 300 g/mol. The molecule has 0 bridgehead atoms. The van der Waals surface area contributed by atoms with E-state index in [4.69, 9.17) is 5.14 Å². The molecule has 0 saturated carbocycles. The number of aryl methyl sites for hydroxylation is 2. The summed E-state index contributed by atoms with van der Waals surface area (Å²) in [6.45, 7) is 3.29. The van der Waals surface area contributed by atoms with Crippen LogP contribution >= 0.6 is 11.5 Å². The number of anilines is 1. The first-order valence-electron chi connectivity index (χ1n) is 5.53. The van der Waals surface area contributed by atoms with Crippen molar-refractivity contribution in [2.24, 2.45) is 5.14 Å². The number of sulfonamides is 1. The van der Waals surface area contributed by atoms with Crippen molar-refractivity contribution in [2.75, 3.05) is 5.32 Å². The monoisotopic (exact) mass is 312 g/mol. The van der Waals surface area contributed by atoms with E-state index in [1.165, 1.54) is 12.1 Å². The number of amides is 1. The average molecular weight is 312 g/mol. The van der Waals surface area contributed by atoms with Crippen molar-refractivity contribution in [3.8, 4) is 0 Å². The molecule has 0 aliphatic carbocycles.